The zero-order chi connectivity index (χ0) is 13.1. The lowest BCUT2D eigenvalue weighted by molar-refractivity contribution is -0.121. The average Bonchev–Trinajstić information content (AvgIpc) is 2.57. The molecule has 5 heteroatoms. The van der Waals surface area contributed by atoms with E-state index in [1.807, 2.05) is 30.3 Å². The molecule has 1 saturated heterocycles. The van der Waals surface area contributed by atoms with Gasteiger partial charge in [-0.1, -0.05) is 42.2 Å². The molecule has 1 aromatic rings. The van der Waals surface area contributed by atoms with Crippen molar-refractivity contribution < 1.29 is 4.79 Å². The van der Waals surface area contributed by atoms with E-state index in [4.69, 9.17) is 12.2 Å². The summed E-state index contributed by atoms with van der Waals surface area (Å²) < 4.78 is 1.74. The number of benzene rings is 1. The Bertz CT molecular complexity index is 554. The Morgan fingerprint density at radius 2 is 2.28 bits per heavy atom. The van der Waals surface area contributed by atoms with Crippen molar-refractivity contribution in [1.29, 1.82) is 0 Å². The summed E-state index contributed by atoms with van der Waals surface area (Å²) in [6, 6.07) is 7.99. The maximum Gasteiger partial charge on any atom is 0.266 e. The third kappa shape index (κ3) is 3.02. The van der Waals surface area contributed by atoms with Crippen LogP contribution in [0.15, 0.2) is 41.8 Å². The van der Waals surface area contributed by atoms with Crippen molar-refractivity contribution in [2.75, 3.05) is 6.54 Å². The standard InChI is InChI=1S/C13H10INOS2/c1-2-6-15-12(16)11(18-13(15)17)8-9-4-3-5-10(14)7-9/h2-5,7-8H,1,6H2/b11-8-. The lowest BCUT2D eigenvalue weighted by atomic mass is 10.2. The molecule has 1 heterocycles. The quantitative estimate of drug-likeness (QED) is 0.342. The van der Waals surface area contributed by atoms with Gasteiger partial charge in [0.25, 0.3) is 5.91 Å². The van der Waals surface area contributed by atoms with Crippen molar-refractivity contribution in [2.24, 2.45) is 0 Å². The predicted octanol–water partition coefficient (Wildman–Crippen LogP) is 3.68. The molecular weight excluding hydrogens is 377 g/mol. The summed E-state index contributed by atoms with van der Waals surface area (Å²) >= 11 is 8.77. The Kier molecular flexibility index (Phi) is 4.58. The zero-order valence-electron chi connectivity index (χ0n) is 9.43. The van der Waals surface area contributed by atoms with Crippen molar-refractivity contribution in [3.05, 3.63) is 51.0 Å². The number of hydrogen-bond donors (Lipinski definition) is 0. The van der Waals surface area contributed by atoms with Crippen molar-refractivity contribution in [2.45, 2.75) is 0 Å². The highest BCUT2D eigenvalue weighted by atomic mass is 127. The van der Waals surface area contributed by atoms with Crippen molar-refractivity contribution in [3.8, 4) is 0 Å². The fourth-order valence-electron chi connectivity index (χ4n) is 1.53. The molecule has 1 aromatic carbocycles. The largest absolute Gasteiger partial charge is 0.289 e. The number of hydrogen-bond acceptors (Lipinski definition) is 3. The van der Waals surface area contributed by atoms with Gasteiger partial charge in [0.15, 0.2) is 0 Å². The maximum atomic E-state index is 12.1. The van der Waals surface area contributed by atoms with Crippen LogP contribution >= 0.6 is 46.6 Å². The first-order chi connectivity index (χ1) is 8.61. The normalized spacial score (nSPS) is 17.6. The predicted molar refractivity (Wildman–Crippen MR) is 89.2 cm³/mol. The van der Waals surface area contributed by atoms with Crippen LogP contribution in [0.5, 0.6) is 0 Å². The molecule has 0 atom stereocenters. The fourth-order valence-corrected chi connectivity index (χ4v) is 3.38. The smallest absolute Gasteiger partial charge is 0.266 e. The number of carbonyl (C=O) groups is 1. The number of carbonyl (C=O) groups excluding carboxylic acids is 1. The molecule has 0 aliphatic carbocycles. The van der Waals surface area contributed by atoms with E-state index in [2.05, 4.69) is 29.2 Å². The average molecular weight is 387 g/mol. The van der Waals surface area contributed by atoms with Gasteiger partial charge in [0.2, 0.25) is 0 Å². The Hall–Kier alpha value is -0.660. The number of nitrogens with zero attached hydrogens (tertiary/aromatic N) is 1. The van der Waals surface area contributed by atoms with Crippen LogP contribution in [0, 0.1) is 3.57 Å². The monoisotopic (exact) mass is 387 g/mol. The van der Waals surface area contributed by atoms with Gasteiger partial charge in [-0.25, -0.2) is 0 Å². The molecule has 0 N–H and O–H groups in total. The first-order valence-corrected chi connectivity index (χ1v) is 7.54. The Balaban J connectivity index is 2.27. The van der Waals surface area contributed by atoms with Gasteiger partial charge >= 0.3 is 0 Å². The molecule has 0 saturated carbocycles. The van der Waals surface area contributed by atoms with Crippen LogP contribution in [-0.2, 0) is 4.79 Å². The number of amides is 1. The topological polar surface area (TPSA) is 20.3 Å². The third-order valence-electron chi connectivity index (χ3n) is 2.33. The molecule has 2 nitrogen and oxygen atoms in total. The SMILES string of the molecule is C=CCN1C(=O)/C(=C/c2cccc(I)c2)SC1=S. The van der Waals surface area contributed by atoms with E-state index < -0.39 is 0 Å². The van der Waals surface area contributed by atoms with Gasteiger partial charge < -0.3 is 0 Å². The molecule has 0 bridgehead atoms. The first kappa shape index (κ1) is 13.8. The second-order valence-electron chi connectivity index (χ2n) is 3.64. The van der Waals surface area contributed by atoms with Crippen LogP contribution in [0.2, 0.25) is 0 Å². The molecular formula is C13H10INOS2. The summed E-state index contributed by atoms with van der Waals surface area (Å²) in [6.07, 6.45) is 3.56. The fraction of sp³-hybridized carbons (Fsp3) is 0.0769. The second kappa shape index (κ2) is 5.99. The molecule has 1 amide bonds. The summed E-state index contributed by atoms with van der Waals surface area (Å²) in [7, 11) is 0. The Labute approximate surface area is 129 Å². The number of thioether (sulfide) groups is 1. The van der Waals surface area contributed by atoms with Gasteiger partial charge in [0.1, 0.15) is 4.32 Å². The van der Waals surface area contributed by atoms with Gasteiger partial charge in [-0.2, -0.15) is 0 Å². The highest BCUT2D eigenvalue weighted by Gasteiger charge is 2.30. The number of halogens is 1. The van der Waals surface area contributed by atoms with Crippen LogP contribution in [0.4, 0.5) is 0 Å². The summed E-state index contributed by atoms with van der Waals surface area (Å²) in [5.41, 5.74) is 1.01. The minimum Gasteiger partial charge on any atom is -0.289 e. The van der Waals surface area contributed by atoms with Crippen molar-refractivity contribution in [1.82, 2.24) is 4.90 Å². The lowest BCUT2D eigenvalue weighted by Gasteiger charge is -2.10. The van der Waals surface area contributed by atoms with Gasteiger partial charge in [0, 0.05) is 10.1 Å². The molecule has 0 unspecified atom stereocenters. The zero-order valence-corrected chi connectivity index (χ0v) is 13.2. The molecule has 1 aliphatic heterocycles. The minimum absolute atomic E-state index is 0.0382. The van der Waals surface area contributed by atoms with Crippen LogP contribution in [-0.4, -0.2) is 21.7 Å². The van der Waals surface area contributed by atoms with E-state index in [1.165, 1.54) is 11.8 Å². The van der Waals surface area contributed by atoms with E-state index >= 15 is 0 Å². The van der Waals surface area contributed by atoms with Gasteiger partial charge in [-0.05, 0) is 46.4 Å². The van der Waals surface area contributed by atoms with Crippen LogP contribution in [0.1, 0.15) is 5.56 Å². The van der Waals surface area contributed by atoms with Crippen LogP contribution in [0.3, 0.4) is 0 Å². The van der Waals surface area contributed by atoms with Crippen LogP contribution < -0.4 is 0 Å². The molecule has 1 aliphatic rings. The molecule has 0 aromatic heterocycles. The van der Waals surface area contributed by atoms with E-state index in [0.717, 1.165) is 9.13 Å². The summed E-state index contributed by atoms with van der Waals surface area (Å²) in [5, 5.41) is 0. The molecule has 2 rings (SSSR count). The van der Waals surface area contributed by atoms with Gasteiger partial charge in [-0.15, -0.1) is 6.58 Å². The molecule has 18 heavy (non-hydrogen) atoms. The van der Waals surface area contributed by atoms with E-state index in [9.17, 15) is 4.79 Å². The summed E-state index contributed by atoms with van der Waals surface area (Å²) in [6.45, 7) is 4.10. The summed E-state index contributed by atoms with van der Waals surface area (Å²) in [4.78, 5) is 14.3. The van der Waals surface area contributed by atoms with Crippen LogP contribution in [0.25, 0.3) is 6.08 Å². The Morgan fingerprint density at radius 1 is 1.50 bits per heavy atom. The first-order valence-electron chi connectivity index (χ1n) is 5.23. The second-order valence-corrected chi connectivity index (χ2v) is 6.56. The van der Waals surface area contributed by atoms with E-state index in [-0.39, 0.29) is 5.91 Å². The number of thiocarbonyl (C=S) groups is 1. The highest BCUT2D eigenvalue weighted by Crippen LogP contribution is 2.32. The van der Waals surface area contributed by atoms with Crippen molar-refractivity contribution in [3.63, 3.8) is 0 Å². The Morgan fingerprint density at radius 3 is 2.94 bits per heavy atom. The van der Waals surface area contributed by atoms with E-state index in [0.29, 0.717) is 15.8 Å². The summed E-state index contributed by atoms with van der Waals surface area (Å²) in [5.74, 6) is -0.0382. The lowest BCUT2D eigenvalue weighted by Crippen LogP contribution is -2.27. The molecule has 92 valence electrons. The highest BCUT2D eigenvalue weighted by molar-refractivity contribution is 14.1. The maximum absolute atomic E-state index is 12.1. The molecule has 0 radical (unpaired) electrons. The third-order valence-corrected chi connectivity index (χ3v) is 4.38. The van der Waals surface area contributed by atoms with Crippen molar-refractivity contribution >= 4 is 62.9 Å². The number of rotatable bonds is 3. The van der Waals surface area contributed by atoms with E-state index in [1.54, 1.807) is 11.0 Å². The minimum atomic E-state index is -0.0382. The molecule has 0 spiro atoms. The molecule has 1 fully saturated rings. The van der Waals surface area contributed by atoms with Gasteiger partial charge in [0.05, 0.1) is 4.91 Å². The van der Waals surface area contributed by atoms with Gasteiger partial charge in [-0.3, -0.25) is 9.69 Å².